The van der Waals surface area contributed by atoms with Crippen LogP contribution in [0.5, 0.6) is 0 Å². The molecule has 3 N–H and O–H groups in total. The predicted octanol–water partition coefficient (Wildman–Crippen LogP) is 1.97. The molecule has 1 unspecified atom stereocenters. The van der Waals surface area contributed by atoms with Crippen LogP contribution in [0, 0.1) is 6.92 Å². The number of nitrogens with zero attached hydrogens (tertiary/aromatic N) is 2. The average molecular weight is 270 g/mol. The molecular formula is C11H18N4S2. The number of aryl methyl sites for hydroxylation is 1. The summed E-state index contributed by atoms with van der Waals surface area (Å²) in [6.45, 7) is 4.95. The fourth-order valence-electron chi connectivity index (χ4n) is 1.28. The summed E-state index contributed by atoms with van der Waals surface area (Å²) in [6.07, 6.45) is 3.18. The van der Waals surface area contributed by atoms with Gasteiger partial charge in [-0.2, -0.15) is 11.8 Å². The topological polar surface area (TPSA) is 63.8 Å². The van der Waals surface area contributed by atoms with Gasteiger partial charge in [-0.25, -0.2) is 9.97 Å². The molecule has 0 spiro atoms. The largest absolute Gasteiger partial charge is 0.388 e. The van der Waals surface area contributed by atoms with Gasteiger partial charge in [0.05, 0.1) is 0 Å². The molecule has 1 aromatic heterocycles. The molecule has 1 heterocycles. The molecule has 4 nitrogen and oxygen atoms in total. The van der Waals surface area contributed by atoms with E-state index >= 15 is 0 Å². The molecule has 0 saturated heterocycles. The standard InChI is InChI=1S/C11H18N4S2/c1-7-6-9(10(12)16)15-11(14-7)13-5-4-8(2)17-3/h6,8H,4-5H2,1-3H3,(H2,12,16)(H,13,14,15). The number of nitrogens with one attached hydrogen (secondary N) is 1. The molecule has 1 rings (SSSR count). The Morgan fingerprint density at radius 2 is 2.29 bits per heavy atom. The van der Waals surface area contributed by atoms with Crippen molar-refractivity contribution in [2.45, 2.75) is 25.5 Å². The van der Waals surface area contributed by atoms with Crippen LogP contribution in [-0.2, 0) is 0 Å². The first-order chi connectivity index (χ1) is 8.02. The third kappa shape index (κ3) is 4.87. The molecule has 0 aliphatic rings. The van der Waals surface area contributed by atoms with Gasteiger partial charge in [-0.1, -0.05) is 19.1 Å². The van der Waals surface area contributed by atoms with E-state index in [-0.39, 0.29) is 0 Å². The average Bonchev–Trinajstić information content (AvgIpc) is 2.28. The maximum Gasteiger partial charge on any atom is 0.223 e. The molecule has 94 valence electrons. The number of rotatable bonds is 6. The Morgan fingerprint density at radius 1 is 1.59 bits per heavy atom. The van der Waals surface area contributed by atoms with E-state index in [1.54, 1.807) is 6.07 Å². The fourth-order valence-corrected chi connectivity index (χ4v) is 1.74. The van der Waals surface area contributed by atoms with E-state index in [2.05, 4.69) is 28.5 Å². The summed E-state index contributed by atoms with van der Waals surface area (Å²) in [4.78, 5) is 8.86. The van der Waals surface area contributed by atoms with Crippen molar-refractivity contribution >= 4 is 34.9 Å². The van der Waals surface area contributed by atoms with Crippen LogP contribution in [0.25, 0.3) is 0 Å². The zero-order chi connectivity index (χ0) is 12.8. The van der Waals surface area contributed by atoms with Crippen LogP contribution < -0.4 is 11.1 Å². The van der Waals surface area contributed by atoms with Crippen LogP contribution in [0.2, 0.25) is 0 Å². The normalized spacial score (nSPS) is 12.2. The van der Waals surface area contributed by atoms with Gasteiger partial charge in [0.1, 0.15) is 10.7 Å². The highest BCUT2D eigenvalue weighted by molar-refractivity contribution is 7.99. The zero-order valence-electron chi connectivity index (χ0n) is 10.4. The summed E-state index contributed by atoms with van der Waals surface area (Å²) < 4.78 is 0. The van der Waals surface area contributed by atoms with Crippen LogP contribution in [0.4, 0.5) is 5.95 Å². The van der Waals surface area contributed by atoms with Gasteiger partial charge < -0.3 is 11.1 Å². The lowest BCUT2D eigenvalue weighted by molar-refractivity contribution is 0.843. The van der Waals surface area contributed by atoms with Crippen molar-refractivity contribution in [2.24, 2.45) is 5.73 Å². The van der Waals surface area contributed by atoms with E-state index in [9.17, 15) is 0 Å². The summed E-state index contributed by atoms with van der Waals surface area (Å²) in [6, 6.07) is 1.79. The molecule has 0 aliphatic heterocycles. The predicted molar refractivity (Wildman–Crippen MR) is 78.7 cm³/mol. The van der Waals surface area contributed by atoms with Gasteiger partial charge in [0, 0.05) is 17.5 Å². The van der Waals surface area contributed by atoms with E-state index in [4.69, 9.17) is 18.0 Å². The maximum atomic E-state index is 5.56. The van der Waals surface area contributed by atoms with Crippen LogP contribution >= 0.6 is 24.0 Å². The smallest absolute Gasteiger partial charge is 0.223 e. The zero-order valence-corrected chi connectivity index (χ0v) is 12.0. The Labute approximate surface area is 112 Å². The highest BCUT2D eigenvalue weighted by atomic mass is 32.2. The Morgan fingerprint density at radius 3 is 2.88 bits per heavy atom. The lowest BCUT2D eigenvalue weighted by atomic mass is 10.3. The molecule has 0 fully saturated rings. The van der Waals surface area contributed by atoms with Gasteiger partial charge in [0.2, 0.25) is 5.95 Å². The minimum atomic E-state index is 0.302. The Kier molecular flexibility index (Phi) is 5.64. The van der Waals surface area contributed by atoms with Gasteiger partial charge in [0.15, 0.2) is 0 Å². The molecule has 1 atom stereocenters. The van der Waals surface area contributed by atoms with E-state index in [0.717, 1.165) is 18.7 Å². The summed E-state index contributed by atoms with van der Waals surface area (Å²) in [5.41, 5.74) is 7.04. The van der Waals surface area contributed by atoms with Gasteiger partial charge in [-0.15, -0.1) is 0 Å². The summed E-state index contributed by atoms with van der Waals surface area (Å²) in [7, 11) is 0. The fraction of sp³-hybridized carbons (Fsp3) is 0.545. The second-order valence-electron chi connectivity index (χ2n) is 3.84. The van der Waals surface area contributed by atoms with E-state index in [1.807, 2.05) is 18.7 Å². The van der Waals surface area contributed by atoms with Crippen molar-refractivity contribution in [2.75, 3.05) is 18.1 Å². The molecule has 1 aromatic rings. The van der Waals surface area contributed by atoms with E-state index in [1.165, 1.54) is 0 Å². The number of nitrogens with two attached hydrogens (primary N) is 1. The monoisotopic (exact) mass is 270 g/mol. The number of hydrogen-bond donors (Lipinski definition) is 2. The van der Waals surface area contributed by atoms with Crippen LogP contribution in [0.3, 0.4) is 0 Å². The highest BCUT2D eigenvalue weighted by Crippen LogP contribution is 2.10. The molecule has 0 saturated carbocycles. The van der Waals surface area contributed by atoms with Crippen LogP contribution in [0.15, 0.2) is 6.07 Å². The second-order valence-corrected chi connectivity index (χ2v) is 5.56. The van der Waals surface area contributed by atoms with E-state index < -0.39 is 0 Å². The molecule has 0 radical (unpaired) electrons. The minimum absolute atomic E-state index is 0.302. The third-order valence-electron chi connectivity index (χ3n) is 2.34. The summed E-state index contributed by atoms with van der Waals surface area (Å²) >= 11 is 6.76. The molecule has 6 heteroatoms. The maximum absolute atomic E-state index is 5.56. The number of thioether (sulfide) groups is 1. The first kappa shape index (κ1) is 14.2. The minimum Gasteiger partial charge on any atom is -0.388 e. The number of thiocarbonyl (C=S) groups is 1. The number of anilines is 1. The molecule has 0 bridgehead atoms. The molecular weight excluding hydrogens is 252 g/mol. The first-order valence-electron chi connectivity index (χ1n) is 5.45. The van der Waals surface area contributed by atoms with Crippen molar-refractivity contribution in [1.29, 1.82) is 0 Å². The van der Waals surface area contributed by atoms with Crippen LogP contribution in [0.1, 0.15) is 24.7 Å². The van der Waals surface area contributed by atoms with Gasteiger partial charge in [0.25, 0.3) is 0 Å². The van der Waals surface area contributed by atoms with Crippen molar-refractivity contribution in [3.8, 4) is 0 Å². The highest BCUT2D eigenvalue weighted by Gasteiger charge is 2.05. The number of hydrogen-bond acceptors (Lipinski definition) is 5. The van der Waals surface area contributed by atoms with Gasteiger partial charge in [-0.05, 0) is 25.7 Å². The van der Waals surface area contributed by atoms with Gasteiger partial charge in [-0.3, -0.25) is 0 Å². The lowest BCUT2D eigenvalue weighted by Gasteiger charge is -2.10. The van der Waals surface area contributed by atoms with Crippen molar-refractivity contribution in [1.82, 2.24) is 9.97 Å². The lowest BCUT2D eigenvalue weighted by Crippen LogP contribution is -2.16. The molecule has 0 amide bonds. The quantitative estimate of drug-likeness (QED) is 0.771. The first-order valence-corrected chi connectivity index (χ1v) is 7.14. The second kappa shape index (κ2) is 6.76. The van der Waals surface area contributed by atoms with E-state index in [0.29, 0.717) is 21.9 Å². The van der Waals surface area contributed by atoms with Crippen molar-refractivity contribution in [3.63, 3.8) is 0 Å². The molecule has 0 aliphatic carbocycles. The summed E-state index contributed by atoms with van der Waals surface area (Å²) in [5, 5.41) is 3.82. The Hall–Kier alpha value is -0.880. The van der Waals surface area contributed by atoms with Gasteiger partial charge >= 0.3 is 0 Å². The SMILES string of the molecule is CSC(C)CCNc1nc(C)cc(C(N)=S)n1. The van der Waals surface area contributed by atoms with Crippen molar-refractivity contribution in [3.05, 3.63) is 17.5 Å². The number of aromatic nitrogens is 2. The molecule has 17 heavy (non-hydrogen) atoms. The Balaban J connectivity index is 2.62. The Bertz CT molecular complexity index is 395. The third-order valence-corrected chi connectivity index (χ3v) is 3.59. The van der Waals surface area contributed by atoms with Crippen molar-refractivity contribution < 1.29 is 0 Å². The van der Waals surface area contributed by atoms with Crippen LogP contribution in [-0.4, -0.2) is 33.0 Å². The molecule has 0 aromatic carbocycles. The summed E-state index contributed by atoms with van der Waals surface area (Å²) in [5.74, 6) is 0.598.